The van der Waals surface area contributed by atoms with Crippen LogP contribution >= 0.6 is 0 Å². The summed E-state index contributed by atoms with van der Waals surface area (Å²) in [6, 6.07) is 13.3. The van der Waals surface area contributed by atoms with Crippen molar-refractivity contribution in [1.29, 1.82) is 0 Å². The van der Waals surface area contributed by atoms with Crippen molar-refractivity contribution in [2.45, 2.75) is 25.8 Å². The van der Waals surface area contributed by atoms with E-state index in [1.165, 1.54) is 12.3 Å². The molecule has 0 aliphatic carbocycles. The van der Waals surface area contributed by atoms with Crippen LogP contribution < -0.4 is 15.5 Å². The molecule has 2 heterocycles. The number of ether oxygens (including phenoxy) is 1. The highest BCUT2D eigenvalue weighted by Crippen LogP contribution is 2.37. The fourth-order valence-corrected chi connectivity index (χ4v) is 3.45. The van der Waals surface area contributed by atoms with E-state index in [1.807, 2.05) is 36.4 Å². The number of aromatic amines is 1. The number of amides is 1. The van der Waals surface area contributed by atoms with Crippen LogP contribution in [0.3, 0.4) is 0 Å². The molecule has 1 unspecified atom stereocenters. The van der Waals surface area contributed by atoms with Crippen LogP contribution in [0.2, 0.25) is 0 Å². The number of rotatable bonds is 2. The third kappa shape index (κ3) is 2.96. The molecular formula is C21H20N2O3. The van der Waals surface area contributed by atoms with E-state index in [0.29, 0.717) is 6.61 Å². The average molecular weight is 348 g/mol. The summed E-state index contributed by atoms with van der Waals surface area (Å²) in [5.74, 6) is 0.459. The number of fused-ring (bicyclic) bond motifs is 3. The fourth-order valence-electron chi connectivity index (χ4n) is 3.45. The third-order valence-corrected chi connectivity index (χ3v) is 4.78. The zero-order valence-corrected chi connectivity index (χ0v) is 14.5. The number of nitrogens with one attached hydrogen (secondary N) is 2. The van der Waals surface area contributed by atoms with E-state index < -0.39 is 0 Å². The molecule has 2 N–H and O–H groups in total. The van der Waals surface area contributed by atoms with E-state index in [2.05, 4.69) is 10.3 Å². The Kier molecular flexibility index (Phi) is 4.21. The molecule has 0 fully saturated rings. The van der Waals surface area contributed by atoms with Crippen molar-refractivity contribution in [3.05, 3.63) is 75.7 Å². The van der Waals surface area contributed by atoms with Gasteiger partial charge in [0.15, 0.2) is 5.43 Å². The molecule has 1 aliphatic heterocycles. The summed E-state index contributed by atoms with van der Waals surface area (Å²) < 4.78 is 6.00. The molecule has 1 atom stereocenters. The van der Waals surface area contributed by atoms with Crippen molar-refractivity contribution in [2.75, 3.05) is 6.61 Å². The Morgan fingerprint density at radius 2 is 2.08 bits per heavy atom. The number of H-pyrrole nitrogens is 1. The largest absolute Gasteiger partial charge is 0.493 e. The molecular weight excluding hydrogens is 328 g/mol. The van der Waals surface area contributed by atoms with E-state index in [-0.39, 0.29) is 22.9 Å². The van der Waals surface area contributed by atoms with Crippen LogP contribution in [0.1, 0.15) is 40.5 Å². The van der Waals surface area contributed by atoms with Crippen molar-refractivity contribution < 1.29 is 9.53 Å². The van der Waals surface area contributed by atoms with Gasteiger partial charge in [-0.3, -0.25) is 9.59 Å². The Balaban J connectivity index is 1.71. The number of aryl methyl sites for hydroxylation is 1. The lowest BCUT2D eigenvalue weighted by Crippen LogP contribution is -2.32. The van der Waals surface area contributed by atoms with Crippen LogP contribution in [0.25, 0.3) is 10.8 Å². The standard InChI is InChI=1S/C21H20N2O3/c1-13-11-19(24)17(12-22-13)21(25)23-18-7-4-10-26-20-15-6-3-2-5-14(15)8-9-16(18)20/h2-3,5-6,8-9,11-12,18H,4,7,10H2,1H3,(H,22,24)(H,23,25). The van der Waals surface area contributed by atoms with E-state index in [4.69, 9.17) is 4.74 Å². The summed E-state index contributed by atoms with van der Waals surface area (Å²) >= 11 is 0. The van der Waals surface area contributed by atoms with Gasteiger partial charge in [0.1, 0.15) is 11.3 Å². The number of carbonyl (C=O) groups excluding carboxylic acids is 1. The summed E-state index contributed by atoms with van der Waals surface area (Å²) in [5, 5.41) is 5.16. The van der Waals surface area contributed by atoms with Gasteiger partial charge in [0.05, 0.1) is 12.6 Å². The number of hydrogen-bond acceptors (Lipinski definition) is 3. The topological polar surface area (TPSA) is 71.2 Å². The Labute approximate surface area is 151 Å². The molecule has 5 heteroatoms. The van der Waals surface area contributed by atoms with Crippen molar-refractivity contribution in [3.63, 3.8) is 0 Å². The first-order chi connectivity index (χ1) is 12.6. The summed E-state index contributed by atoms with van der Waals surface area (Å²) in [4.78, 5) is 27.7. The van der Waals surface area contributed by atoms with E-state index >= 15 is 0 Å². The van der Waals surface area contributed by atoms with Crippen LogP contribution in [0.15, 0.2) is 53.5 Å². The highest BCUT2D eigenvalue weighted by molar-refractivity contribution is 5.94. The quantitative estimate of drug-likeness (QED) is 0.745. The fraction of sp³-hybridized carbons (Fsp3) is 0.238. The number of benzene rings is 2. The zero-order valence-electron chi connectivity index (χ0n) is 14.5. The average Bonchev–Trinajstić information content (AvgIpc) is 2.84. The van der Waals surface area contributed by atoms with Gasteiger partial charge in [-0.05, 0) is 25.2 Å². The molecule has 1 amide bonds. The molecule has 0 bridgehead atoms. The lowest BCUT2D eigenvalue weighted by molar-refractivity contribution is 0.0933. The molecule has 132 valence electrons. The Hall–Kier alpha value is -3.08. The first kappa shape index (κ1) is 16.4. The normalized spacial score (nSPS) is 16.4. The Bertz CT molecular complexity index is 1040. The SMILES string of the molecule is Cc1cc(=O)c(C(=O)NC2CCCOc3c2ccc2ccccc32)c[nH]1. The molecule has 0 spiro atoms. The van der Waals surface area contributed by atoms with Gasteiger partial charge in [0.25, 0.3) is 5.91 Å². The summed E-state index contributed by atoms with van der Waals surface area (Å²) in [7, 11) is 0. The van der Waals surface area contributed by atoms with Crippen molar-refractivity contribution in [1.82, 2.24) is 10.3 Å². The molecule has 1 aromatic heterocycles. The van der Waals surface area contributed by atoms with Gasteiger partial charge < -0.3 is 15.0 Å². The maximum atomic E-state index is 12.7. The predicted octanol–water partition coefficient (Wildman–Crippen LogP) is 3.48. The second kappa shape index (κ2) is 6.67. The molecule has 4 rings (SSSR count). The van der Waals surface area contributed by atoms with E-state index in [9.17, 15) is 9.59 Å². The second-order valence-corrected chi connectivity index (χ2v) is 6.62. The van der Waals surface area contributed by atoms with E-state index in [1.54, 1.807) is 6.92 Å². The van der Waals surface area contributed by atoms with Gasteiger partial charge in [0.2, 0.25) is 0 Å². The van der Waals surface area contributed by atoms with Crippen LogP contribution in [-0.4, -0.2) is 17.5 Å². The lowest BCUT2D eigenvalue weighted by Gasteiger charge is -2.19. The number of hydrogen-bond donors (Lipinski definition) is 2. The highest BCUT2D eigenvalue weighted by atomic mass is 16.5. The molecule has 3 aromatic rings. The first-order valence-corrected chi connectivity index (χ1v) is 8.78. The number of carbonyl (C=O) groups is 1. The lowest BCUT2D eigenvalue weighted by atomic mass is 9.97. The number of aromatic nitrogens is 1. The van der Waals surface area contributed by atoms with Gasteiger partial charge >= 0.3 is 0 Å². The minimum Gasteiger partial charge on any atom is -0.493 e. The van der Waals surface area contributed by atoms with Crippen molar-refractivity contribution >= 4 is 16.7 Å². The molecule has 26 heavy (non-hydrogen) atoms. The van der Waals surface area contributed by atoms with Gasteiger partial charge in [-0.15, -0.1) is 0 Å². The third-order valence-electron chi connectivity index (χ3n) is 4.78. The maximum absolute atomic E-state index is 12.7. The molecule has 2 aromatic carbocycles. The van der Waals surface area contributed by atoms with Crippen LogP contribution in [0.5, 0.6) is 5.75 Å². The van der Waals surface area contributed by atoms with Crippen LogP contribution in [0, 0.1) is 6.92 Å². The minimum atomic E-state index is -0.364. The molecule has 0 saturated carbocycles. The van der Waals surface area contributed by atoms with Gasteiger partial charge in [-0.1, -0.05) is 36.4 Å². The van der Waals surface area contributed by atoms with Gasteiger partial charge in [-0.2, -0.15) is 0 Å². The smallest absolute Gasteiger partial charge is 0.257 e. The zero-order chi connectivity index (χ0) is 18.1. The Morgan fingerprint density at radius 3 is 2.92 bits per heavy atom. The van der Waals surface area contributed by atoms with Gasteiger partial charge in [0, 0.05) is 28.9 Å². The van der Waals surface area contributed by atoms with Gasteiger partial charge in [-0.25, -0.2) is 0 Å². The van der Waals surface area contributed by atoms with E-state index in [0.717, 1.165) is 40.6 Å². The first-order valence-electron chi connectivity index (χ1n) is 8.78. The highest BCUT2D eigenvalue weighted by Gasteiger charge is 2.24. The summed E-state index contributed by atoms with van der Waals surface area (Å²) in [5.41, 5.74) is 1.54. The van der Waals surface area contributed by atoms with Crippen molar-refractivity contribution in [2.24, 2.45) is 0 Å². The summed E-state index contributed by atoms with van der Waals surface area (Å²) in [6.07, 6.45) is 3.07. The monoisotopic (exact) mass is 348 g/mol. The predicted molar refractivity (Wildman–Crippen MR) is 101 cm³/mol. The summed E-state index contributed by atoms with van der Waals surface area (Å²) in [6.45, 7) is 2.39. The second-order valence-electron chi connectivity index (χ2n) is 6.62. The van der Waals surface area contributed by atoms with Crippen LogP contribution in [-0.2, 0) is 0 Å². The van der Waals surface area contributed by atoms with Crippen molar-refractivity contribution in [3.8, 4) is 5.75 Å². The molecule has 0 radical (unpaired) electrons. The van der Waals surface area contributed by atoms with Crippen LogP contribution in [0.4, 0.5) is 0 Å². The molecule has 0 saturated heterocycles. The maximum Gasteiger partial charge on any atom is 0.257 e. The minimum absolute atomic E-state index is 0.128. The Morgan fingerprint density at radius 1 is 1.23 bits per heavy atom. The molecule has 5 nitrogen and oxygen atoms in total. The number of pyridine rings is 1. The molecule has 1 aliphatic rings.